The largest absolute Gasteiger partial charge is 0.451 e. The van der Waals surface area contributed by atoms with Gasteiger partial charge in [-0.1, -0.05) is 24.3 Å². The molecule has 6 nitrogen and oxygen atoms in total. The maximum absolute atomic E-state index is 13.0. The van der Waals surface area contributed by atoms with E-state index < -0.39 is 22.1 Å². The van der Waals surface area contributed by atoms with E-state index in [0.717, 1.165) is 0 Å². The van der Waals surface area contributed by atoms with Gasteiger partial charge in [-0.15, -0.1) is 0 Å². The summed E-state index contributed by atoms with van der Waals surface area (Å²) in [5.74, 6) is -1.03. The number of ketones is 1. The number of benzene rings is 2. The summed E-state index contributed by atoms with van der Waals surface area (Å²) in [7, 11) is -3.85. The van der Waals surface area contributed by atoms with Gasteiger partial charge in [0.15, 0.2) is 11.9 Å². The Balaban J connectivity index is 2.36. The SMILES string of the molecule is CCN(c1ccccc1)S(=O)(=O)c1cccc(C(=O)OC(C)C(C)=O)c1. The van der Waals surface area contributed by atoms with Gasteiger partial charge in [-0.25, -0.2) is 13.2 Å². The van der Waals surface area contributed by atoms with Gasteiger partial charge in [0.25, 0.3) is 10.0 Å². The number of hydrogen-bond acceptors (Lipinski definition) is 5. The number of para-hydroxylation sites is 1. The first-order valence-corrected chi connectivity index (χ1v) is 9.60. The van der Waals surface area contributed by atoms with E-state index in [1.165, 1.54) is 42.4 Å². The van der Waals surface area contributed by atoms with Gasteiger partial charge in [0.2, 0.25) is 0 Å². The number of nitrogens with zero attached hydrogens (tertiary/aromatic N) is 1. The molecule has 0 saturated carbocycles. The minimum Gasteiger partial charge on any atom is -0.451 e. The Morgan fingerprint density at radius 3 is 2.31 bits per heavy atom. The summed E-state index contributed by atoms with van der Waals surface area (Å²) in [6, 6.07) is 14.3. The summed E-state index contributed by atoms with van der Waals surface area (Å²) in [5, 5.41) is 0. The first kappa shape index (κ1) is 19.7. The van der Waals surface area contributed by atoms with Gasteiger partial charge >= 0.3 is 5.97 Å². The lowest BCUT2D eigenvalue weighted by Gasteiger charge is -2.23. The number of hydrogen-bond donors (Lipinski definition) is 0. The van der Waals surface area contributed by atoms with Gasteiger partial charge in [0.1, 0.15) is 0 Å². The van der Waals surface area contributed by atoms with Crippen LogP contribution >= 0.6 is 0 Å². The third-order valence-electron chi connectivity index (χ3n) is 3.85. The molecule has 0 N–H and O–H groups in total. The normalized spacial score (nSPS) is 12.3. The molecule has 0 amide bonds. The summed E-state index contributed by atoms with van der Waals surface area (Å²) < 4.78 is 32.3. The zero-order valence-corrected chi connectivity index (χ0v) is 15.7. The number of anilines is 1. The Morgan fingerprint density at radius 2 is 1.73 bits per heavy atom. The summed E-state index contributed by atoms with van der Waals surface area (Å²) in [5.41, 5.74) is 0.608. The molecular weight excluding hydrogens is 354 g/mol. The lowest BCUT2D eigenvalue weighted by Crippen LogP contribution is -2.31. The van der Waals surface area contributed by atoms with E-state index in [4.69, 9.17) is 4.74 Å². The third-order valence-corrected chi connectivity index (χ3v) is 5.74. The second kappa shape index (κ2) is 8.14. The molecule has 0 aliphatic rings. The number of Topliss-reactive ketones (excluding diaryl/α,β-unsaturated/α-hetero) is 1. The molecule has 1 atom stereocenters. The quantitative estimate of drug-likeness (QED) is 0.695. The topological polar surface area (TPSA) is 80.8 Å². The predicted molar refractivity (Wildman–Crippen MR) is 98.6 cm³/mol. The second-order valence-corrected chi connectivity index (χ2v) is 7.55. The van der Waals surface area contributed by atoms with Gasteiger partial charge in [-0.05, 0) is 51.1 Å². The lowest BCUT2D eigenvalue weighted by molar-refractivity contribution is -0.124. The molecule has 0 saturated heterocycles. The number of carbonyl (C=O) groups excluding carboxylic acids is 2. The smallest absolute Gasteiger partial charge is 0.338 e. The van der Waals surface area contributed by atoms with Crippen LogP contribution in [0.2, 0.25) is 0 Å². The van der Waals surface area contributed by atoms with E-state index in [2.05, 4.69) is 0 Å². The summed E-state index contributed by atoms with van der Waals surface area (Å²) in [4.78, 5) is 23.4. The molecule has 0 aromatic heterocycles. The zero-order valence-electron chi connectivity index (χ0n) is 14.9. The van der Waals surface area contributed by atoms with Gasteiger partial charge in [-0.2, -0.15) is 0 Å². The van der Waals surface area contributed by atoms with Gasteiger partial charge < -0.3 is 4.74 Å². The average Bonchev–Trinajstić information content (AvgIpc) is 2.63. The van der Waals surface area contributed by atoms with E-state index in [-0.39, 0.29) is 22.8 Å². The highest BCUT2D eigenvalue weighted by Crippen LogP contribution is 2.24. The average molecular weight is 375 g/mol. The molecule has 0 bridgehead atoms. The number of rotatable bonds is 7. The van der Waals surface area contributed by atoms with Crippen LogP contribution in [-0.2, 0) is 19.6 Å². The van der Waals surface area contributed by atoms with E-state index in [9.17, 15) is 18.0 Å². The Bertz CT molecular complexity index is 893. The molecule has 0 radical (unpaired) electrons. The molecule has 0 heterocycles. The maximum Gasteiger partial charge on any atom is 0.338 e. The van der Waals surface area contributed by atoms with Gasteiger partial charge in [-0.3, -0.25) is 9.10 Å². The zero-order chi connectivity index (χ0) is 19.3. The molecule has 2 aromatic carbocycles. The van der Waals surface area contributed by atoms with Crippen LogP contribution in [0.25, 0.3) is 0 Å². The molecule has 26 heavy (non-hydrogen) atoms. The van der Waals surface area contributed by atoms with Crippen molar-refractivity contribution >= 4 is 27.5 Å². The Labute approximate surface area is 153 Å². The fourth-order valence-corrected chi connectivity index (χ4v) is 3.83. The molecule has 0 aliphatic carbocycles. The van der Waals surface area contributed by atoms with Crippen molar-refractivity contribution in [3.8, 4) is 0 Å². The molecule has 2 aromatic rings. The van der Waals surface area contributed by atoms with Crippen molar-refractivity contribution in [3.05, 3.63) is 60.2 Å². The Kier molecular flexibility index (Phi) is 6.15. The number of sulfonamides is 1. The minimum atomic E-state index is -3.85. The standard InChI is InChI=1S/C19H21NO5S/c1-4-20(17-10-6-5-7-11-17)26(23,24)18-12-8-9-16(13-18)19(22)25-15(3)14(2)21/h5-13,15H,4H2,1-3H3. The molecule has 0 aliphatic heterocycles. The maximum atomic E-state index is 13.0. The van der Waals surface area contributed by atoms with E-state index in [1.807, 2.05) is 0 Å². The highest BCUT2D eigenvalue weighted by atomic mass is 32.2. The van der Waals surface area contributed by atoms with Crippen molar-refractivity contribution in [2.45, 2.75) is 31.8 Å². The predicted octanol–water partition coefficient (Wildman–Crippen LogP) is 3.04. The van der Waals surface area contributed by atoms with Crippen LogP contribution in [0.1, 0.15) is 31.1 Å². The summed E-state index contributed by atoms with van der Waals surface area (Å²) >= 11 is 0. The van der Waals surface area contributed by atoms with Crippen molar-refractivity contribution in [1.82, 2.24) is 0 Å². The van der Waals surface area contributed by atoms with E-state index >= 15 is 0 Å². The fraction of sp³-hybridized carbons (Fsp3) is 0.263. The van der Waals surface area contributed by atoms with Crippen LogP contribution in [0.4, 0.5) is 5.69 Å². The second-order valence-electron chi connectivity index (χ2n) is 5.69. The Hall–Kier alpha value is -2.67. The number of ether oxygens (including phenoxy) is 1. The highest BCUT2D eigenvalue weighted by Gasteiger charge is 2.25. The molecule has 138 valence electrons. The van der Waals surface area contributed by atoms with Crippen molar-refractivity contribution in [2.75, 3.05) is 10.8 Å². The first-order valence-electron chi connectivity index (χ1n) is 8.16. The van der Waals surface area contributed by atoms with Crippen LogP contribution < -0.4 is 4.31 Å². The molecule has 0 spiro atoms. The highest BCUT2D eigenvalue weighted by molar-refractivity contribution is 7.92. The van der Waals surface area contributed by atoms with Crippen LogP contribution in [0.3, 0.4) is 0 Å². The lowest BCUT2D eigenvalue weighted by atomic mass is 10.2. The molecular formula is C19H21NO5S. The third kappa shape index (κ3) is 4.29. The minimum absolute atomic E-state index is 0.0202. The summed E-state index contributed by atoms with van der Waals surface area (Å²) in [6.45, 7) is 4.76. The summed E-state index contributed by atoms with van der Waals surface area (Å²) in [6.07, 6.45) is -0.890. The van der Waals surface area contributed by atoms with Gasteiger partial charge in [0.05, 0.1) is 16.1 Å². The van der Waals surface area contributed by atoms with Crippen molar-refractivity contribution in [3.63, 3.8) is 0 Å². The van der Waals surface area contributed by atoms with Crippen LogP contribution in [-0.4, -0.2) is 32.8 Å². The fourth-order valence-electron chi connectivity index (χ4n) is 2.31. The van der Waals surface area contributed by atoms with Crippen LogP contribution in [0.15, 0.2) is 59.5 Å². The van der Waals surface area contributed by atoms with E-state index in [0.29, 0.717) is 5.69 Å². The molecule has 2 rings (SSSR count). The van der Waals surface area contributed by atoms with Crippen molar-refractivity contribution < 1.29 is 22.7 Å². The number of esters is 1. The number of carbonyl (C=O) groups is 2. The Morgan fingerprint density at radius 1 is 1.08 bits per heavy atom. The van der Waals surface area contributed by atoms with Crippen molar-refractivity contribution in [1.29, 1.82) is 0 Å². The monoisotopic (exact) mass is 375 g/mol. The van der Waals surface area contributed by atoms with Crippen LogP contribution in [0, 0.1) is 0 Å². The van der Waals surface area contributed by atoms with E-state index in [1.54, 1.807) is 37.3 Å². The van der Waals surface area contributed by atoms with Gasteiger partial charge in [0, 0.05) is 6.54 Å². The van der Waals surface area contributed by atoms with Crippen LogP contribution in [0.5, 0.6) is 0 Å². The first-order chi connectivity index (χ1) is 12.3. The molecule has 0 fully saturated rings. The molecule has 1 unspecified atom stereocenters. The molecule has 7 heteroatoms. The van der Waals surface area contributed by atoms with Crippen molar-refractivity contribution in [2.24, 2.45) is 0 Å².